The van der Waals surface area contributed by atoms with Gasteiger partial charge in [-0.15, -0.1) is 0 Å². The summed E-state index contributed by atoms with van der Waals surface area (Å²) in [4.78, 5) is -1.59. The number of sulfone groups is 1. The lowest BCUT2D eigenvalue weighted by Crippen LogP contribution is -2.13. The monoisotopic (exact) mass is 285 g/mol. The van der Waals surface area contributed by atoms with Crippen LogP contribution in [-0.4, -0.2) is 21.2 Å². The maximum atomic E-state index is 13.5. The molecule has 2 N–H and O–H groups in total. The Hall–Kier alpha value is -1.15. The number of hydrogen-bond donors (Lipinski definition) is 1. The van der Waals surface area contributed by atoms with Crippen LogP contribution in [0.3, 0.4) is 0 Å². The summed E-state index contributed by atoms with van der Waals surface area (Å²) >= 11 is 0. The summed E-state index contributed by atoms with van der Waals surface area (Å²) in [5.41, 5.74) is 4.29. The van der Waals surface area contributed by atoms with Gasteiger partial charge in [0.05, 0.1) is 0 Å². The molecule has 0 amide bonds. The van der Waals surface area contributed by atoms with Crippen LogP contribution in [0.4, 0.5) is 17.6 Å². The largest absolute Gasteiger partial charge is 0.330 e. The van der Waals surface area contributed by atoms with Gasteiger partial charge in [-0.05, 0) is 19.4 Å². The van der Waals surface area contributed by atoms with Crippen LogP contribution in [0.25, 0.3) is 0 Å². The molecule has 0 aromatic heterocycles. The Morgan fingerprint density at radius 3 is 1.78 bits per heavy atom. The van der Waals surface area contributed by atoms with Crippen LogP contribution < -0.4 is 5.73 Å². The van der Waals surface area contributed by atoms with Gasteiger partial charge in [-0.2, -0.15) is 0 Å². The molecule has 0 spiro atoms. The highest BCUT2D eigenvalue weighted by molar-refractivity contribution is 7.90. The summed E-state index contributed by atoms with van der Waals surface area (Å²) in [5, 5.41) is 0. The van der Waals surface area contributed by atoms with E-state index < -0.39 is 43.6 Å². The molecule has 0 fully saturated rings. The Morgan fingerprint density at radius 2 is 1.44 bits per heavy atom. The van der Waals surface area contributed by atoms with Crippen molar-refractivity contribution in [3.63, 3.8) is 0 Å². The van der Waals surface area contributed by atoms with Crippen molar-refractivity contribution in [3.05, 3.63) is 28.8 Å². The van der Waals surface area contributed by atoms with Crippen molar-refractivity contribution < 1.29 is 26.0 Å². The van der Waals surface area contributed by atoms with Crippen LogP contribution in [-0.2, 0) is 16.3 Å². The minimum absolute atomic E-state index is 0.0793. The molecule has 18 heavy (non-hydrogen) atoms. The first-order valence-electron chi connectivity index (χ1n) is 4.96. The van der Waals surface area contributed by atoms with Crippen molar-refractivity contribution in [1.29, 1.82) is 0 Å². The normalized spacial score (nSPS) is 11.9. The van der Waals surface area contributed by atoms with Crippen molar-refractivity contribution in [2.45, 2.75) is 17.7 Å². The first kappa shape index (κ1) is 14.9. The van der Waals surface area contributed by atoms with E-state index in [0.29, 0.717) is 6.26 Å². The van der Waals surface area contributed by atoms with Crippen molar-refractivity contribution in [2.24, 2.45) is 5.73 Å². The summed E-state index contributed by atoms with van der Waals surface area (Å²) in [6.07, 6.45) is 0.268. The molecule has 0 aliphatic carbocycles. The van der Waals surface area contributed by atoms with E-state index in [1.165, 1.54) is 0 Å². The van der Waals surface area contributed by atoms with E-state index >= 15 is 0 Å². The van der Waals surface area contributed by atoms with Crippen LogP contribution in [0.5, 0.6) is 0 Å². The Labute approximate surface area is 102 Å². The zero-order valence-corrected chi connectivity index (χ0v) is 10.3. The SMILES string of the molecule is CS(=O)(=O)c1c(F)c(F)c(CCCN)c(F)c1F. The summed E-state index contributed by atoms with van der Waals surface area (Å²) in [7, 11) is -4.40. The standard InChI is InChI=1S/C10H11F4NO2S/c1-18(16,17)10-8(13)6(11)5(3-2-4-15)7(12)9(10)14/h2-4,15H2,1H3. The fourth-order valence-corrected chi connectivity index (χ4v) is 2.31. The molecule has 0 bridgehead atoms. The third-order valence-electron chi connectivity index (χ3n) is 2.32. The highest BCUT2D eigenvalue weighted by atomic mass is 32.2. The Bertz CT molecular complexity index is 543. The van der Waals surface area contributed by atoms with Crippen LogP contribution in [0.1, 0.15) is 12.0 Å². The number of nitrogens with two attached hydrogens (primary N) is 1. The molecule has 0 radical (unpaired) electrons. The predicted molar refractivity (Wildman–Crippen MR) is 56.8 cm³/mol. The second-order valence-electron chi connectivity index (χ2n) is 3.73. The van der Waals surface area contributed by atoms with Gasteiger partial charge in [-0.1, -0.05) is 0 Å². The lowest BCUT2D eigenvalue weighted by atomic mass is 10.1. The molecule has 0 heterocycles. The molecule has 1 rings (SSSR count). The van der Waals surface area contributed by atoms with Gasteiger partial charge >= 0.3 is 0 Å². The number of hydrogen-bond acceptors (Lipinski definition) is 3. The Balaban J connectivity index is 3.56. The van der Waals surface area contributed by atoms with E-state index in [4.69, 9.17) is 5.73 Å². The molecular weight excluding hydrogens is 274 g/mol. The molecule has 0 saturated heterocycles. The van der Waals surface area contributed by atoms with E-state index in [0.717, 1.165) is 0 Å². The molecular formula is C10H11F4NO2S. The summed E-state index contributed by atoms with van der Waals surface area (Å²) < 4.78 is 75.9. The lowest BCUT2D eigenvalue weighted by molar-refractivity contribution is 0.406. The van der Waals surface area contributed by atoms with Crippen molar-refractivity contribution in [1.82, 2.24) is 0 Å². The van der Waals surface area contributed by atoms with Crippen LogP contribution in [0.15, 0.2) is 4.90 Å². The topological polar surface area (TPSA) is 60.2 Å². The van der Waals surface area contributed by atoms with Gasteiger partial charge in [0.25, 0.3) is 0 Å². The van der Waals surface area contributed by atoms with E-state index in [9.17, 15) is 26.0 Å². The van der Waals surface area contributed by atoms with Gasteiger partial charge in [-0.3, -0.25) is 0 Å². The zero-order chi connectivity index (χ0) is 14.1. The summed E-state index contributed by atoms with van der Waals surface area (Å²) in [5.74, 6) is -7.18. The quantitative estimate of drug-likeness (QED) is 0.674. The molecule has 3 nitrogen and oxygen atoms in total. The number of halogens is 4. The number of rotatable bonds is 4. The highest BCUT2D eigenvalue weighted by Gasteiger charge is 2.30. The second-order valence-corrected chi connectivity index (χ2v) is 5.68. The van der Waals surface area contributed by atoms with Gasteiger partial charge in [-0.25, -0.2) is 26.0 Å². The summed E-state index contributed by atoms with van der Waals surface area (Å²) in [6.45, 7) is 0.0793. The minimum Gasteiger partial charge on any atom is -0.330 e. The Morgan fingerprint density at radius 1 is 1.00 bits per heavy atom. The average molecular weight is 285 g/mol. The molecule has 0 saturated carbocycles. The summed E-state index contributed by atoms with van der Waals surface area (Å²) in [6, 6.07) is 0. The van der Waals surface area contributed by atoms with Gasteiger partial charge in [0, 0.05) is 11.8 Å². The van der Waals surface area contributed by atoms with Crippen molar-refractivity contribution in [3.8, 4) is 0 Å². The Kier molecular flexibility index (Phi) is 4.33. The number of benzene rings is 1. The van der Waals surface area contributed by atoms with E-state index in [1.54, 1.807) is 0 Å². The minimum atomic E-state index is -4.40. The fourth-order valence-electron chi connectivity index (χ4n) is 1.48. The maximum absolute atomic E-state index is 13.5. The van der Waals surface area contributed by atoms with Crippen molar-refractivity contribution >= 4 is 9.84 Å². The maximum Gasteiger partial charge on any atom is 0.181 e. The third kappa shape index (κ3) is 2.64. The fraction of sp³-hybridized carbons (Fsp3) is 0.400. The van der Waals surface area contributed by atoms with Crippen LogP contribution >= 0.6 is 0 Å². The molecule has 0 aliphatic heterocycles. The molecule has 1 aromatic carbocycles. The van der Waals surface area contributed by atoms with E-state index in [-0.39, 0.29) is 19.4 Å². The van der Waals surface area contributed by atoms with E-state index in [2.05, 4.69) is 0 Å². The van der Waals surface area contributed by atoms with Crippen molar-refractivity contribution in [2.75, 3.05) is 12.8 Å². The predicted octanol–water partition coefficient (Wildman–Crippen LogP) is 1.54. The molecule has 8 heteroatoms. The van der Waals surface area contributed by atoms with Crippen LogP contribution in [0.2, 0.25) is 0 Å². The molecule has 0 aliphatic rings. The molecule has 0 unspecified atom stereocenters. The van der Waals surface area contributed by atoms with Crippen LogP contribution in [0, 0.1) is 23.3 Å². The van der Waals surface area contributed by atoms with Gasteiger partial charge in [0.1, 0.15) is 4.90 Å². The molecule has 1 aromatic rings. The smallest absolute Gasteiger partial charge is 0.181 e. The highest BCUT2D eigenvalue weighted by Crippen LogP contribution is 2.28. The third-order valence-corrected chi connectivity index (χ3v) is 3.42. The zero-order valence-electron chi connectivity index (χ0n) is 9.44. The first-order chi connectivity index (χ1) is 8.21. The lowest BCUT2D eigenvalue weighted by Gasteiger charge is -2.10. The van der Waals surface area contributed by atoms with Gasteiger partial charge in [0.2, 0.25) is 0 Å². The average Bonchev–Trinajstić information content (AvgIpc) is 2.25. The second kappa shape index (κ2) is 5.23. The van der Waals surface area contributed by atoms with Gasteiger partial charge in [0.15, 0.2) is 33.1 Å². The van der Waals surface area contributed by atoms with E-state index in [1.807, 2.05) is 0 Å². The molecule has 0 atom stereocenters. The van der Waals surface area contributed by atoms with Gasteiger partial charge < -0.3 is 5.73 Å². The first-order valence-corrected chi connectivity index (χ1v) is 6.85. The molecule has 102 valence electrons.